The lowest BCUT2D eigenvalue weighted by atomic mass is 10.0. The summed E-state index contributed by atoms with van der Waals surface area (Å²) in [6.45, 7) is 3.57. The Bertz CT molecular complexity index is 841. The lowest BCUT2D eigenvalue weighted by Gasteiger charge is -2.16. The molecule has 0 unspecified atom stereocenters. The lowest BCUT2D eigenvalue weighted by Crippen LogP contribution is -2.18. The summed E-state index contributed by atoms with van der Waals surface area (Å²) in [6.07, 6.45) is 0.615. The summed E-state index contributed by atoms with van der Waals surface area (Å²) in [5.41, 5.74) is 6.25. The highest BCUT2D eigenvalue weighted by atomic mass is 35.5. The summed E-state index contributed by atoms with van der Waals surface area (Å²) in [4.78, 5) is 8.09. The standard InChI is InChI=1S/C18H18ClF3N4O/c1-24-17(15-8-14(27-2)3-4-16(15)26-10-19)25-9-11-5-12(18(20,21)22)7-13(23)6-11/h3-8,25H,1,9-10,23H2,2H3/b17-15+,26-16-. The summed E-state index contributed by atoms with van der Waals surface area (Å²) in [6, 6.07) is 3.41. The van der Waals surface area contributed by atoms with Crippen molar-refractivity contribution in [1.29, 1.82) is 0 Å². The number of aliphatic imine (C=N–C) groups is 2. The predicted octanol–water partition coefficient (Wildman–Crippen LogP) is 4.03. The second kappa shape index (κ2) is 8.77. The predicted molar refractivity (Wildman–Crippen MR) is 102 cm³/mol. The van der Waals surface area contributed by atoms with Gasteiger partial charge in [-0.05, 0) is 48.7 Å². The minimum absolute atomic E-state index is 0.0222. The second-order valence-corrected chi connectivity index (χ2v) is 5.72. The Morgan fingerprint density at radius 1 is 1.30 bits per heavy atom. The van der Waals surface area contributed by atoms with Crippen molar-refractivity contribution in [3.8, 4) is 0 Å². The van der Waals surface area contributed by atoms with E-state index in [4.69, 9.17) is 22.1 Å². The van der Waals surface area contributed by atoms with Crippen molar-refractivity contribution in [1.82, 2.24) is 5.32 Å². The molecule has 1 aliphatic rings. The van der Waals surface area contributed by atoms with E-state index in [2.05, 4.69) is 22.0 Å². The smallest absolute Gasteiger partial charge is 0.416 e. The Hall–Kier alpha value is -2.74. The van der Waals surface area contributed by atoms with Crippen LogP contribution in [0.5, 0.6) is 0 Å². The highest BCUT2D eigenvalue weighted by Crippen LogP contribution is 2.31. The molecular formula is C18H18ClF3N4O. The Balaban J connectivity index is 2.34. The fourth-order valence-corrected chi connectivity index (χ4v) is 2.57. The summed E-state index contributed by atoms with van der Waals surface area (Å²) >= 11 is 5.69. The van der Waals surface area contributed by atoms with E-state index in [1.165, 1.54) is 13.2 Å². The van der Waals surface area contributed by atoms with E-state index in [0.717, 1.165) is 12.1 Å². The van der Waals surface area contributed by atoms with Crippen LogP contribution in [0.25, 0.3) is 0 Å². The van der Waals surface area contributed by atoms with Gasteiger partial charge in [-0.2, -0.15) is 13.2 Å². The number of nitrogens with zero attached hydrogens (tertiary/aromatic N) is 2. The molecule has 0 bridgehead atoms. The van der Waals surface area contributed by atoms with Crippen molar-refractivity contribution < 1.29 is 17.9 Å². The van der Waals surface area contributed by atoms with Crippen LogP contribution < -0.4 is 11.1 Å². The normalized spacial score (nSPS) is 17.5. The van der Waals surface area contributed by atoms with Crippen LogP contribution in [-0.4, -0.2) is 25.5 Å². The maximum atomic E-state index is 13.0. The van der Waals surface area contributed by atoms with Crippen molar-refractivity contribution >= 4 is 29.7 Å². The van der Waals surface area contributed by atoms with Crippen LogP contribution in [0, 0.1) is 0 Å². The fourth-order valence-electron chi connectivity index (χ4n) is 2.44. The number of anilines is 1. The molecule has 0 aliphatic heterocycles. The van der Waals surface area contributed by atoms with Gasteiger partial charge in [0.15, 0.2) is 0 Å². The zero-order valence-corrected chi connectivity index (χ0v) is 15.2. The van der Waals surface area contributed by atoms with Crippen LogP contribution in [-0.2, 0) is 17.5 Å². The molecule has 144 valence electrons. The van der Waals surface area contributed by atoms with Crippen molar-refractivity contribution in [3.63, 3.8) is 0 Å². The number of hydrogen-bond acceptors (Lipinski definition) is 5. The Morgan fingerprint density at radius 2 is 2.04 bits per heavy atom. The van der Waals surface area contributed by atoms with Crippen LogP contribution in [0.2, 0.25) is 0 Å². The molecule has 0 saturated carbocycles. The first-order valence-electron chi connectivity index (χ1n) is 7.74. The molecule has 0 saturated heterocycles. The van der Waals surface area contributed by atoms with E-state index in [1.807, 2.05) is 0 Å². The molecule has 0 radical (unpaired) electrons. The van der Waals surface area contributed by atoms with Gasteiger partial charge in [-0.3, -0.25) is 4.99 Å². The second-order valence-electron chi connectivity index (χ2n) is 5.48. The quantitative estimate of drug-likeness (QED) is 0.329. The molecule has 5 nitrogen and oxygen atoms in total. The van der Waals surface area contributed by atoms with Gasteiger partial charge in [0, 0.05) is 17.8 Å². The highest BCUT2D eigenvalue weighted by molar-refractivity contribution is 6.20. The monoisotopic (exact) mass is 398 g/mol. The van der Waals surface area contributed by atoms with Crippen LogP contribution in [0.15, 0.2) is 63.6 Å². The van der Waals surface area contributed by atoms with Gasteiger partial charge in [0.25, 0.3) is 0 Å². The number of nitrogen functional groups attached to an aromatic ring is 1. The number of benzene rings is 1. The number of rotatable bonds is 6. The number of methoxy groups -OCH3 is 1. The number of alkyl halides is 4. The minimum atomic E-state index is -4.48. The van der Waals surface area contributed by atoms with E-state index < -0.39 is 11.7 Å². The third-order valence-corrected chi connectivity index (χ3v) is 3.77. The summed E-state index contributed by atoms with van der Waals surface area (Å²) < 4.78 is 44.0. The minimum Gasteiger partial charge on any atom is -0.497 e. The molecule has 3 N–H and O–H groups in total. The molecule has 0 amide bonds. The first-order valence-corrected chi connectivity index (χ1v) is 8.28. The average Bonchev–Trinajstić information content (AvgIpc) is 2.62. The summed E-state index contributed by atoms with van der Waals surface area (Å²) in [7, 11) is 1.51. The van der Waals surface area contributed by atoms with Gasteiger partial charge in [0.2, 0.25) is 0 Å². The maximum absolute atomic E-state index is 13.0. The largest absolute Gasteiger partial charge is 0.497 e. The van der Waals surface area contributed by atoms with Crippen LogP contribution in [0.3, 0.4) is 0 Å². The molecule has 1 aliphatic carbocycles. The molecule has 2 rings (SSSR count). The highest BCUT2D eigenvalue weighted by Gasteiger charge is 2.31. The fraction of sp³-hybridized carbons (Fsp3) is 0.222. The van der Waals surface area contributed by atoms with Crippen molar-refractivity contribution in [2.75, 3.05) is 18.8 Å². The van der Waals surface area contributed by atoms with Gasteiger partial charge in [0.05, 0.1) is 18.4 Å². The van der Waals surface area contributed by atoms with E-state index >= 15 is 0 Å². The van der Waals surface area contributed by atoms with Gasteiger partial charge >= 0.3 is 6.18 Å². The molecular weight excluding hydrogens is 381 g/mol. The first kappa shape index (κ1) is 20.6. The molecule has 0 heterocycles. The third-order valence-electron chi connectivity index (χ3n) is 3.65. The topological polar surface area (TPSA) is 72.0 Å². The third kappa shape index (κ3) is 5.37. The molecule has 1 aromatic rings. The van der Waals surface area contributed by atoms with Crippen molar-refractivity contribution in [3.05, 3.63) is 64.7 Å². The number of nitrogens with two attached hydrogens (primary N) is 1. The van der Waals surface area contributed by atoms with Gasteiger partial charge < -0.3 is 15.8 Å². The Kier molecular flexibility index (Phi) is 6.68. The van der Waals surface area contributed by atoms with E-state index in [0.29, 0.717) is 28.4 Å². The van der Waals surface area contributed by atoms with Crippen LogP contribution >= 0.6 is 11.6 Å². The van der Waals surface area contributed by atoms with Gasteiger partial charge in [0.1, 0.15) is 17.6 Å². The number of nitrogens with one attached hydrogen (secondary N) is 1. The molecule has 0 atom stereocenters. The lowest BCUT2D eigenvalue weighted by molar-refractivity contribution is -0.137. The molecule has 9 heteroatoms. The van der Waals surface area contributed by atoms with Crippen molar-refractivity contribution in [2.45, 2.75) is 12.7 Å². The van der Waals surface area contributed by atoms with Crippen LogP contribution in [0.1, 0.15) is 11.1 Å². The van der Waals surface area contributed by atoms with Gasteiger partial charge in [-0.15, -0.1) is 11.6 Å². The molecule has 1 aromatic carbocycles. The number of halogens is 4. The summed E-state index contributed by atoms with van der Waals surface area (Å²) in [5.74, 6) is 0.888. The maximum Gasteiger partial charge on any atom is 0.416 e. The first-order chi connectivity index (χ1) is 12.8. The SMILES string of the molecule is C=N/C(NCc1cc(N)cc(C(F)(F)F)c1)=C1/C=C(OC)C=C/C1=N/CCl. The zero-order valence-electron chi connectivity index (χ0n) is 14.5. The van der Waals surface area contributed by atoms with Crippen molar-refractivity contribution in [2.24, 2.45) is 9.98 Å². The van der Waals surface area contributed by atoms with Gasteiger partial charge in [-0.25, -0.2) is 4.99 Å². The number of hydrogen-bond donors (Lipinski definition) is 2. The van der Waals surface area contributed by atoms with Gasteiger partial charge in [-0.1, -0.05) is 0 Å². The zero-order chi connectivity index (χ0) is 20.0. The van der Waals surface area contributed by atoms with E-state index in [1.54, 1.807) is 18.2 Å². The molecule has 0 aromatic heterocycles. The Labute approximate surface area is 159 Å². The number of ether oxygens (including phenoxy) is 1. The molecule has 27 heavy (non-hydrogen) atoms. The molecule has 0 fully saturated rings. The molecule has 0 spiro atoms. The average molecular weight is 399 g/mol. The van der Waals surface area contributed by atoms with E-state index in [-0.39, 0.29) is 18.2 Å². The van der Waals surface area contributed by atoms with Crippen LogP contribution in [0.4, 0.5) is 18.9 Å². The number of allylic oxidation sites excluding steroid dienone is 4. The Morgan fingerprint density at radius 3 is 2.63 bits per heavy atom. The summed E-state index contributed by atoms with van der Waals surface area (Å²) in [5, 5.41) is 2.96. The van der Waals surface area contributed by atoms with E-state index in [9.17, 15) is 13.2 Å².